The SMILES string of the molecule is CC(C)Oc1cc(C2CCN(C(C)C)CC2)ccc1NC=O. The van der Waals surface area contributed by atoms with Gasteiger partial charge in [0.1, 0.15) is 5.75 Å². The Morgan fingerprint density at radius 1 is 1.23 bits per heavy atom. The summed E-state index contributed by atoms with van der Waals surface area (Å²) in [5.74, 6) is 1.35. The summed E-state index contributed by atoms with van der Waals surface area (Å²) in [7, 11) is 0. The highest BCUT2D eigenvalue weighted by atomic mass is 16.5. The van der Waals surface area contributed by atoms with Gasteiger partial charge < -0.3 is 15.0 Å². The zero-order valence-electron chi connectivity index (χ0n) is 14.1. The van der Waals surface area contributed by atoms with Gasteiger partial charge in [0.2, 0.25) is 6.41 Å². The summed E-state index contributed by atoms with van der Waals surface area (Å²) in [4.78, 5) is 13.3. The normalized spacial score (nSPS) is 17.0. The van der Waals surface area contributed by atoms with Crippen molar-refractivity contribution in [2.24, 2.45) is 0 Å². The molecular formula is C18H28N2O2. The lowest BCUT2D eigenvalue weighted by Crippen LogP contribution is -2.37. The summed E-state index contributed by atoms with van der Waals surface area (Å²) in [5.41, 5.74) is 2.06. The molecule has 0 saturated carbocycles. The highest BCUT2D eigenvalue weighted by Crippen LogP contribution is 2.34. The number of nitrogens with one attached hydrogen (secondary N) is 1. The average Bonchev–Trinajstić information content (AvgIpc) is 2.49. The van der Waals surface area contributed by atoms with Gasteiger partial charge in [-0.15, -0.1) is 0 Å². The predicted molar refractivity (Wildman–Crippen MR) is 90.6 cm³/mol. The third-order valence-corrected chi connectivity index (χ3v) is 4.31. The van der Waals surface area contributed by atoms with Crippen LogP contribution in [0.5, 0.6) is 5.75 Å². The molecule has 2 rings (SSSR count). The second-order valence-electron chi connectivity index (χ2n) is 6.59. The first-order valence-electron chi connectivity index (χ1n) is 8.26. The first-order valence-corrected chi connectivity index (χ1v) is 8.26. The molecule has 22 heavy (non-hydrogen) atoms. The standard InChI is InChI=1S/C18H28N2O2/c1-13(2)20-9-7-15(8-10-20)16-5-6-17(19-12-21)18(11-16)22-14(3)4/h5-6,11-15H,7-10H2,1-4H3,(H,19,21). The van der Waals surface area contributed by atoms with Crippen molar-refractivity contribution < 1.29 is 9.53 Å². The molecule has 0 bridgehead atoms. The van der Waals surface area contributed by atoms with Crippen molar-refractivity contribution in [2.75, 3.05) is 18.4 Å². The fourth-order valence-electron chi connectivity index (χ4n) is 3.08. The fourth-order valence-corrected chi connectivity index (χ4v) is 3.08. The number of amides is 1. The number of carbonyl (C=O) groups excluding carboxylic acids is 1. The Morgan fingerprint density at radius 3 is 2.45 bits per heavy atom. The molecule has 0 spiro atoms. The average molecular weight is 304 g/mol. The van der Waals surface area contributed by atoms with Crippen LogP contribution < -0.4 is 10.1 Å². The van der Waals surface area contributed by atoms with Crippen molar-refractivity contribution in [3.63, 3.8) is 0 Å². The van der Waals surface area contributed by atoms with Gasteiger partial charge in [0.05, 0.1) is 11.8 Å². The quantitative estimate of drug-likeness (QED) is 0.816. The molecule has 1 saturated heterocycles. The van der Waals surface area contributed by atoms with E-state index >= 15 is 0 Å². The number of rotatable bonds is 6. The number of benzene rings is 1. The van der Waals surface area contributed by atoms with Gasteiger partial charge in [0.25, 0.3) is 0 Å². The van der Waals surface area contributed by atoms with E-state index in [1.165, 1.54) is 18.4 Å². The lowest BCUT2D eigenvalue weighted by atomic mass is 9.88. The third-order valence-electron chi connectivity index (χ3n) is 4.31. The molecule has 1 fully saturated rings. The lowest BCUT2D eigenvalue weighted by molar-refractivity contribution is -0.105. The number of nitrogens with zero attached hydrogens (tertiary/aromatic N) is 1. The molecule has 0 atom stereocenters. The summed E-state index contributed by atoms with van der Waals surface area (Å²) in [6.07, 6.45) is 3.15. The zero-order chi connectivity index (χ0) is 16.1. The summed E-state index contributed by atoms with van der Waals surface area (Å²) in [6.45, 7) is 10.8. The molecule has 0 radical (unpaired) electrons. The molecule has 122 valence electrons. The van der Waals surface area contributed by atoms with E-state index in [2.05, 4.69) is 36.2 Å². The molecule has 1 N–H and O–H groups in total. The second-order valence-corrected chi connectivity index (χ2v) is 6.59. The molecular weight excluding hydrogens is 276 g/mol. The van der Waals surface area contributed by atoms with Crippen molar-refractivity contribution in [2.45, 2.75) is 58.6 Å². The molecule has 1 aromatic carbocycles. The monoisotopic (exact) mass is 304 g/mol. The first kappa shape index (κ1) is 16.8. The van der Waals surface area contributed by atoms with Crippen LogP contribution in [0.4, 0.5) is 5.69 Å². The maximum atomic E-state index is 10.7. The Morgan fingerprint density at radius 2 is 1.91 bits per heavy atom. The van der Waals surface area contributed by atoms with Crippen molar-refractivity contribution >= 4 is 12.1 Å². The largest absolute Gasteiger partial charge is 0.489 e. The van der Waals surface area contributed by atoms with Gasteiger partial charge in [0, 0.05) is 6.04 Å². The molecule has 1 aromatic rings. The van der Waals surface area contributed by atoms with Gasteiger partial charge in [0.15, 0.2) is 0 Å². The Labute approximate surface area is 133 Å². The Hall–Kier alpha value is -1.55. The number of likely N-dealkylation sites (tertiary alicyclic amines) is 1. The van der Waals surface area contributed by atoms with Gasteiger partial charge >= 0.3 is 0 Å². The maximum Gasteiger partial charge on any atom is 0.211 e. The Kier molecular flexibility index (Phi) is 5.83. The van der Waals surface area contributed by atoms with E-state index in [4.69, 9.17) is 4.74 Å². The van der Waals surface area contributed by atoms with Crippen molar-refractivity contribution in [1.29, 1.82) is 0 Å². The molecule has 1 aliphatic rings. The van der Waals surface area contributed by atoms with E-state index in [1.54, 1.807) is 0 Å². The molecule has 4 heteroatoms. The van der Waals surface area contributed by atoms with Crippen molar-refractivity contribution in [3.8, 4) is 5.75 Å². The minimum absolute atomic E-state index is 0.0882. The van der Waals surface area contributed by atoms with Crippen LogP contribution in [0.2, 0.25) is 0 Å². The van der Waals surface area contributed by atoms with E-state index in [0.29, 0.717) is 18.4 Å². The molecule has 1 aliphatic heterocycles. The fraction of sp³-hybridized carbons (Fsp3) is 0.611. The zero-order valence-corrected chi connectivity index (χ0v) is 14.1. The third kappa shape index (κ3) is 4.23. The minimum atomic E-state index is 0.0882. The van der Waals surface area contributed by atoms with Crippen LogP contribution in [0.15, 0.2) is 18.2 Å². The van der Waals surface area contributed by atoms with Gasteiger partial charge in [-0.3, -0.25) is 4.79 Å². The number of hydrogen-bond donors (Lipinski definition) is 1. The second kappa shape index (κ2) is 7.63. The van der Waals surface area contributed by atoms with Crippen molar-refractivity contribution in [1.82, 2.24) is 4.90 Å². The molecule has 0 aromatic heterocycles. The Bertz CT molecular complexity index is 492. The van der Waals surface area contributed by atoms with Crippen LogP contribution in [0.25, 0.3) is 0 Å². The molecule has 1 heterocycles. The van der Waals surface area contributed by atoms with E-state index in [1.807, 2.05) is 19.9 Å². The van der Waals surface area contributed by atoms with Crippen LogP contribution in [0, 0.1) is 0 Å². The Balaban J connectivity index is 2.13. The number of carbonyl (C=O) groups is 1. The lowest BCUT2D eigenvalue weighted by Gasteiger charge is -2.35. The van der Waals surface area contributed by atoms with Crippen LogP contribution in [-0.2, 0) is 4.79 Å². The minimum Gasteiger partial charge on any atom is -0.489 e. The predicted octanol–water partition coefficient (Wildman–Crippen LogP) is 3.63. The van der Waals surface area contributed by atoms with Crippen LogP contribution >= 0.6 is 0 Å². The molecule has 0 unspecified atom stereocenters. The number of ether oxygens (including phenoxy) is 1. The smallest absolute Gasteiger partial charge is 0.211 e. The highest BCUT2D eigenvalue weighted by molar-refractivity contribution is 5.75. The molecule has 1 amide bonds. The maximum absolute atomic E-state index is 10.7. The van der Waals surface area contributed by atoms with Gasteiger partial charge in [-0.1, -0.05) is 6.07 Å². The van der Waals surface area contributed by atoms with E-state index in [0.717, 1.165) is 24.5 Å². The van der Waals surface area contributed by atoms with Crippen LogP contribution in [-0.4, -0.2) is 36.5 Å². The summed E-state index contributed by atoms with van der Waals surface area (Å²) >= 11 is 0. The summed E-state index contributed by atoms with van der Waals surface area (Å²) < 4.78 is 5.86. The van der Waals surface area contributed by atoms with E-state index in [-0.39, 0.29) is 6.10 Å². The summed E-state index contributed by atoms with van der Waals surface area (Å²) in [6, 6.07) is 6.80. The van der Waals surface area contributed by atoms with Gasteiger partial charge in [-0.2, -0.15) is 0 Å². The summed E-state index contributed by atoms with van der Waals surface area (Å²) in [5, 5.41) is 2.72. The van der Waals surface area contributed by atoms with E-state index in [9.17, 15) is 4.79 Å². The van der Waals surface area contributed by atoms with Gasteiger partial charge in [-0.25, -0.2) is 0 Å². The van der Waals surface area contributed by atoms with Crippen LogP contribution in [0.1, 0.15) is 52.0 Å². The number of anilines is 1. The first-order chi connectivity index (χ1) is 10.5. The topological polar surface area (TPSA) is 41.6 Å². The highest BCUT2D eigenvalue weighted by Gasteiger charge is 2.22. The van der Waals surface area contributed by atoms with Crippen LogP contribution in [0.3, 0.4) is 0 Å². The number of hydrogen-bond acceptors (Lipinski definition) is 3. The number of piperidine rings is 1. The van der Waals surface area contributed by atoms with E-state index < -0.39 is 0 Å². The molecule has 4 nitrogen and oxygen atoms in total. The van der Waals surface area contributed by atoms with Crippen molar-refractivity contribution in [3.05, 3.63) is 23.8 Å². The molecule has 0 aliphatic carbocycles. The van der Waals surface area contributed by atoms with Gasteiger partial charge in [-0.05, 0) is 77.2 Å².